The molecule has 0 unspecified atom stereocenters. The lowest BCUT2D eigenvalue weighted by molar-refractivity contribution is 0.0825. The molecule has 1 aliphatic rings. The van der Waals surface area contributed by atoms with Gasteiger partial charge in [-0.15, -0.1) is 0 Å². The first-order chi connectivity index (χ1) is 7.99. The monoisotopic (exact) mass is 300 g/mol. The molecule has 1 aliphatic heterocycles. The lowest BCUT2D eigenvalue weighted by atomic mass is 9.99. The second-order valence-electron chi connectivity index (χ2n) is 5.15. The Morgan fingerprint density at radius 2 is 2.24 bits per heavy atom. The van der Waals surface area contributed by atoms with Gasteiger partial charge in [0, 0.05) is 36.2 Å². The lowest BCUT2D eigenvalue weighted by Gasteiger charge is -2.43. The van der Waals surface area contributed by atoms with E-state index < -0.39 is 0 Å². The molecule has 0 radical (unpaired) electrons. The van der Waals surface area contributed by atoms with Crippen LogP contribution >= 0.6 is 15.9 Å². The summed E-state index contributed by atoms with van der Waals surface area (Å²) in [5.74, 6) is -0.194. The first kappa shape index (κ1) is 13.0. The van der Waals surface area contributed by atoms with E-state index in [2.05, 4.69) is 40.0 Å². The van der Waals surface area contributed by atoms with Gasteiger partial charge in [-0.05, 0) is 31.5 Å². The third-order valence-electron chi connectivity index (χ3n) is 3.35. The molecule has 0 bridgehead atoms. The van der Waals surface area contributed by atoms with Crippen LogP contribution in [0.1, 0.15) is 19.4 Å². The molecule has 1 heterocycles. The van der Waals surface area contributed by atoms with E-state index in [1.807, 2.05) is 6.07 Å². The summed E-state index contributed by atoms with van der Waals surface area (Å²) in [7, 11) is 0. The predicted molar refractivity (Wildman–Crippen MR) is 71.5 cm³/mol. The van der Waals surface area contributed by atoms with Gasteiger partial charge in [-0.25, -0.2) is 4.39 Å². The Morgan fingerprint density at radius 3 is 2.88 bits per heavy atom. The van der Waals surface area contributed by atoms with E-state index in [1.54, 1.807) is 0 Å². The summed E-state index contributed by atoms with van der Waals surface area (Å²) >= 11 is 3.43. The Labute approximate surface area is 110 Å². The Balaban J connectivity index is 2.14. The van der Waals surface area contributed by atoms with Crippen molar-refractivity contribution < 1.29 is 4.39 Å². The van der Waals surface area contributed by atoms with Gasteiger partial charge in [0.05, 0.1) is 0 Å². The van der Waals surface area contributed by atoms with Crippen molar-refractivity contribution in [2.75, 3.05) is 19.6 Å². The fourth-order valence-corrected chi connectivity index (χ4v) is 2.65. The lowest BCUT2D eigenvalue weighted by Crippen LogP contribution is -2.57. The molecular weight excluding hydrogens is 283 g/mol. The molecule has 17 heavy (non-hydrogen) atoms. The van der Waals surface area contributed by atoms with Crippen molar-refractivity contribution in [3.8, 4) is 0 Å². The summed E-state index contributed by atoms with van der Waals surface area (Å²) in [4.78, 5) is 2.43. The van der Waals surface area contributed by atoms with Crippen molar-refractivity contribution in [2.24, 2.45) is 0 Å². The van der Waals surface area contributed by atoms with Crippen LogP contribution in [-0.4, -0.2) is 30.1 Å². The summed E-state index contributed by atoms with van der Waals surface area (Å²) in [5, 5.41) is 3.40. The van der Waals surface area contributed by atoms with Gasteiger partial charge in [0.15, 0.2) is 0 Å². The molecule has 0 aliphatic carbocycles. The van der Waals surface area contributed by atoms with Crippen molar-refractivity contribution in [1.82, 2.24) is 10.2 Å². The summed E-state index contributed by atoms with van der Waals surface area (Å²) in [6.07, 6.45) is 0. The van der Waals surface area contributed by atoms with E-state index in [4.69, 9.17) is 0 Å². The highest BCUT2D eigenvalue weighted by molar-refractivity contribution is 9.10. The molecule has 1 aromatic carbocycles. The molecule has 0 saturated carbocycles. The Morgan fingerprint density at radius 1 is 1.47 bits per heavy atom. The number of halogens is 2. The van der Waals surface area contributed by atoms with Crippen LogP contribution in [-0.2, 0) is 6.54 Å². The molecule has 94 valence electrons. The zero-order valence-electron chi connectivity index (χ0n) is 10.3. The normalized spacial score (nSPS) is 20.5. The fourth-order valence-electron chi connectivity index (χ4n) is 2.17. The number of benzene rings is 1. The molecule has 0 aromatic heterocycles. The molecule has 1 saturated heterocycles. The maximum absolute atomic E-state index is 13.0. The van der Waals surface area contributed by atoms with Gasteiger partial charge in [-0.3, -0.25) is 4.90 Å². The molecule has 1 fully saturated rings. The smallest absolute Gasteiger partial charge is 0.124 e. The minimum Gasteiger partial charge on any atom is -0.314 e. The quantitative estimate of drug-likeness (QED) is 0.903. The maximum Gasteiger partial charge on any atom is 0.124 e. The van der Waals surface area contributed by atoms with Crippen LogP contribution in [0.5, 0.6) is 0 Å². The Hall–Kier alpha value is -0.450. The van der Waals surface area contributed by atoms with Gasteiger partial charge < -0.3 is 5.32 Å². The highest BCUT2D eigenvalue weighted by atomic mass is 79.9. The Kier molecular flexibility index (Phi) is 3.85. The van der Waals surface area contributed by atoms with Crippen LogP contribution < -0.4 is 5.32 Å². The number of rotatable bonds is 2. The molecular formula is C13H18BrFN2. The SMILES string of the molecule is CC1(C)CNCCN1Cc1ccc(F)cc1Br. The van der Waals surface area contributed by atoms with Crippen LogP contribution in [0.15, 0.2) is 22.7 Å². The van der Waals surface area contributed by atoms with Gasteiger partial charge >= 0.3 is 0 Å². The zero-order valence-corrected chi connectivity index (χ0v) is 11.8. The predicted octanol–water partition coefficient (Wildman–Crippen LogP) is 2.77. The third kappa shape index (κ3) is 3.06. The number of piperazine rings is 1. The number of nitrogens with zero attached hydrogens (tertiary/aromatic N) is 1. The van der Waals surface area contributed by atoms with Crippen molar-refractivity contribution in [1.29, 1.82) is 0 Å². The molecule has 1 N–H and O–H groups in total. The van der Waals surface area contributed by atoms with Crippen LogP contribution in [0.4, 0.5) is 4.39 Å². The molecule has 2 nitrogen and oxygen atoms in total. The van der Waals surface area contributed by atoms with Crippen molar-refractivity contribution in [2.45, 2.75) is 25.9 Å². The van der Waals surface area contributed by atoms with Crippen LogP contribution in [0, 0.1) is 5.82 Å². The number of hydrogen-bond acceptors (Lipinski definition) is 2. The maximum atomic E-state index is 13.0. The summed E-state index contributed by atoms with van der Waals surface area (Å²) in [5.41, 5.74) is 1.29. The Bertz CT molecular complexity index is 406. The highest BCUT2D eigenvalue weighted by Crippen LogP contribution is 2.24. The van der Waals surface area contributed by atoms with Crippen LogP contribution in [0.25, 0.3) is 0 Å². The molecule has 0 spiro atoms. The summed E-state index contributed by atoms with van der Waals surface area (Å²) < 4.78 is 13.9. The van der Waals surface area contributed by atoms with Crippen molar-refractivity contribution in [3.05, 3.63) is 34.1 Å². The molecule has 2 rings (SSSR count). The molecule has 0 amide bonds. The second kappa shape index (κ2) is 5.04. The number of nitrogens with one attached hydrogen (secondary N) is 1. The first-order valence-electron chi connectivity index (χ1n) is 5.89. The van der Waals surface area contributed by atoms with Gasteiger partial charge in [0.2, 0.25) is 0 Å². The van der Waals surface area contributed by atoms with E-state index in [-0.39, 0.29) is 11.4 Å². The average molecular weight is 301 g/mol. The number of hydrogen-bond donors (Lipinski definition) is 1. The molecule has 0 atom stereocenters. The van der Waals surface area contributed by atoms with E-state index in [1.165, 1.54) is 12.1 Å². The van der Waals surface area contributed by atoms with Gasteiger partial charge in [0.1, 0.15) is 5.82 Å². The van der Waals surface area contributed by atoms with Gasteiger partial charge in [0.25, 0.3) is 0 Å². The van der Waals surface area contributed by atoms with Crippen molar-refractivity contribution in [3.63, 3.8) is 0 Å². The van der Waals surface area contributed by atoms with E-state index in [0.717, 1.165) is 36.2 Å². The fraction of sp³-hybridized carbons (Fsp3) is 0.538. The first-order valence-corrected chi connectivity index (χ1v) is 6.68. The van der Waals surface area contributed by atoms with E-state index in [9.17, 15) is 4.39 Å². The van der Waals surface area contributed by atoms with Crippen LogP contribution in [0.2, 0.25) is 0 Å². The topological polar surface area (TPSA) is 15.3 Å². The van der Waals surface area contributed by atoms with Gasteiger partial charge in [-0.1, -0.05) is 22.0 Å². The summed E-state index contributed by atoms with van der Waals surface area (Å²) in [6.45, 7) is 8.35. The third-order valence-corrected chi connectivity index (χ3v) is 4.09. The molecule has 4 heteroatoms. The van der Waals surface area contributed by atoms with E-state index in [0.29, 0.717) is 0 Å². The largest absolute Gasteiger partial charge is 0.314 e. The highest BCUT2D eigenvalue weighted by Gasteiger charge is 2.29. The van der Waals surface area contributed by atoms with E-state index >= 15 is 0 Å². The van der Waals surface area contributed by atoms with Crippen molar-refractivity contribution >= 4 is 15.9 Å². The summed E-state index contributed by atoms with van der Waals surface area (Å²) in [6, 6.07) is 4.91. The average Bonchev–Trinajstić information content (AvgIpc) is 2.24. The van der Waals surface area contributed by atoms with Gasteiger partial charge in [-0.2, -0.15) is 0 Å². The molecule has 1 aromatic rings. The minimum absolute atomic E-state index is 0.145. The minimum atomic E-state index is -0.194. The standard InChI is InChI=1S/C13H18BrFN2/c1-13(2)9-16-5-6-17(13)8-10-3-4-11(15)7-12(10)14/h3-4,7,16H,5-6,8-9H2,1-2H3. The van der Waals surface area contributed by atoms with Crippen LogP contribution in [0.3, 0.4) is 0 Å². The zero-order chi connectivity index (χ0) is 12.5. The second-order valence-corrected chi connectivity index (χ2v) is 6.00.